The summed E-state index contributed by atoms with van der Waals surface area (Å²) in [5.41, 5.74) is 1.42. The molecule has 19 heavy (non-hydrogen) atoms. The summed E-state index contributed by atoms with van der Waals surface area (Å²) >= 11 is 1.99. The van der Waals surface area contributed by atoms with Gasteiger partial charge < -0.3 is 5.11 Å². The van der Waals surface area contributed by atoms with Gasteiger partial charge in [-0.15, -0.1) is 0 Å². The van der Waals surface area contributed by atoms with Crippen LogP contribution in [-0.4, -0.2) is 41.2 Å². The molecule has 1 N–H and O–H groups in total. The molecule has 0 saturated carbocycles. The second-order valence-electron chi connectivity index (χ2n) is 4.71. The van der Waals surface area contributed by atoms with Crippen LogP contribution in [0.4, 0.5) is 4.39 Å². The Morgan fingerprint density at radius 3 is 3.05 bits per heavy atom. The minimum Gasteiger partial charge on any atom is -0.384 e. The molecule has 2 nitrogen and oxygen atoms in total. The molecule has 102 valence electrons. The summed E-state index contributed by atoms with van der Waals surface area (Å²) in [6.07, 6.45) is 1.22. The van der Waals surface area contributed by atoms with Crippen LogP contribution in [0, 0.1) is 17.7 Å². The summed E-state index contributed by atoms with van der Waals surface area (Å²) in [5, 5.41) is 8.67. The third kappa shape index (κ3) is 3.97. The highest BCUT2D eigenvalue weighted by atomic mass is 32.2. The van der Waals surface area contributed by atoms with Crippen LogP contribution in [0.2, 0.25) is 0 Å². The van der Waals surface area contributed by atoms with Crippen molar-refractivity contribution in [3.8, 4) is 11.8 Å². The molecule has 0 spiro atoms. The molecule has 0 aromatic heterocycles. The Kier molecular flexibility index (Phi) is 5.26. The van der Waals surface area contributed by atoms with Gasteiger partial charge in [0.2, 0.25) is 0 Å². The highest BCUT2D eigenvalue weighted by Gasteiger charge is 2.20. The summed E-state index contributed by atoms with van der Waals surface area (Å²) in [6.45, 7) is 0.558. The number of hydrogen-bond acceptors (Lipinski definition) is 3. The number of halogens is 1. The minimum atomic E-state index is -0.330. The number of benzene rings is 1. The molecular formula is C15H18FNOS. The van der Waals surface area contributed by atoms with Crippen LogP contribution in [0.1, 0.15) is 17.5 Å². The molecule has 0 amide bonds. The van der Waals surface area contributed by atoms with E-state index in [1.54, 1.807) is 12.1 Å². The minimum absolute atomic E-state index is 0.247. The third-order valence-corrected chi connectivity index (χ3v) is 4.44. The zero-order chi connectivity index (χ0) is 13.7. The standard InChI is InChI=1S/C15H18FNOS/c1-17(14-6-8-19-11-14)10-12-4-5-15(16)13(9-12)3-2-7-18/h4-5,9,14,18H,6-8,10-11H2,1H3. The lowest BCUT2D eigenvalue weighted by Crippen LogP contribution is -2.30. The first-order valence-corrected chi connectivity index (χ1v) is 7.52. The summed E-state index contributed by atoms with van der Waals surface area (Å²) in [6, 6.07) is 5.64. The van der Waals surface area contributed by atoms with E-state index < -0.39 is 0 Å². The number of thioether (sulfide) groups is 1. The van der Waals surface area contributed by atoms with Crippen LogP contribution in [-0.2, 0) is 6.54 Å². The van der Waals surface area contributed by atoms with Crippen LogP contribution >= 0.6 is 11.8 Å². The van der Waals surface area contributed by atoms with E-state index in [1.165, 1.54) is 24.0 Å². The number of nitrogens with zero attached hydrogens (tertiary/aromatic N) is 1. The number of hydrogen-bond donors (Lipinski definition) is 1. The van der Waals surface area contributed by atoms with Gasteiger partial charge in [0.25, 0.3) is 0 Å². The van der Waals surface area contributed by atoms with E-state index in [-0.39, 0.29) is 12.4 Å². The van der Waals surface area contributed by atoms with Gasteiger partial charge in [-0.1, -0.05) is 17.9 Å². The van der Waals surface area contributed by atoms with E-state index in [1.807, 2.05) is 11.8 Å². The van der Waals surface area contributed by atoms with Crippen molar-refractivity contribution >= 4 is 11.8 Å². The molecule has 0 bridgehead atoms. The predicted octanol–water partition coefficient (Wildman–Crippen LogP) is 2.11. The molecule has 1 aromatic rings. The van der Waals surface area contributed by atoms with E-state index in [0.717, 1.165) is 12.1 Å². The highest BCUT2D eigenvalue weighted by Crippen LogP contribution is 2.23. The first kappa shape index (κ1) is 14.4. The van der Waals surface area contributed by atoms with Crippen molar-refractivity contribution in [1.29, 1.82) is 0 Å². The highest BCUT2D eigenvalue weighted by molar-refractivity contribution is 7.99. The molecule has 1 aliphatic heterocycles. The maximum Gasteiger partial charge on any atom is 0.138 e. The molecule has 2 rings (SSSR count). The zero-order valence-corrected chi connectivity index (χ0v) is 11.8. The topological polar surface area (TPSA) is 23.5 Å². The molecule has 4 heteroatoms. The Labute approximate surface area is 118 Å². The number of aliphatic hydroxyl groups is 1. The molecule has 1 saturated heterocycles. The fourth-order valence-corrected chi connectivity index (χ4v) is 3.49. The van der Waals surface area contributed by atoms with Gasteiger partial charge in [-0.3, -0.25) is 4.90 Å². The molecular weight excluding hydrogens is 261 g/mol. The van der Waals surface area contributed by atoms with Crippen molar-refractivity contribution in [3.05, 3.63) is 35.1 Å². The molecule has 1 aliphatic rings. The van der Waals surface area contributed by atoms with Gasteiger partial charge in [0, 0.05) is 18.3 Å². The van der Waals surface area contributed by atoms with Crippen LogP contribution < -0.4 is 0 Å². The molecule has 1 heterocycles. The fourth-order valence-electron chi connectivity index (χ4n) is 2.19. The monoisotopic (exact) mass is 279 g/mol. The van der Waals surface area contributed by atoms with Crippen molar-refractivity contribution in [2.45, 2.75) is 19.0 Å². The van der Waals surface area contributed by atoms with Crippen molar-refractivity contribution in [3.63, 3.8) is 0 Å². The number of rotatable bonds is 3. The average Bonchev–Trinajstić information content (AvgIpc) is 2.93. The van der Waals surface area contributed by atoms with Crippen LogP contribution in [0.3, 0.4) is 0 Å². The summed E-state index contributed by atoms with van der Waals surface area (Å²) < 4.78 is 13.5. The molecule has 0 radical (unpaired) electrons. The predicted molar refractivity (Wildman–Crippen MR) is 77.6 cm³/mol. The van der Waals surface area contributed by atoms with Crippen LogP contribution in [0.15, 0.2) is 18.2 Å². The van der Waals surface area contributed by atoms with Gasteiger partial charge >= 0.3 is 0 Å². The first-order valence-electron chi connectivity index (χ1n) is 6.37. The molecule has 1 fully saturated rings. The second kappa shape index (κ2) is 6.95. The van der Waals surface area contributed by atoms with Gasteiger partial charge in [-0.2, -0.15) is 11.8 Å². The average molecular weight is 279 g/mol. The fraction of sp³-hybridized carbons (Fsp3) is 0.467. The maximum atomic E-state index is 13.5. The lowest BCUT2D eigenvalue weighted by Gasteiger charge is -2.23. The SMILES string of the molecule is CN(Cc1ccc(F)c(C#CCO)c1)C1CCSC1. The van der Waals surface area contributed by atoms with E-state index in [0.29, 0.717) is 11.6 Å². The normalized spacial score (nSPS) is 18.4. The molecule has 1 aromatic carbocycles. The lowest BCUT2D eigenvalue weighted by molar-refractivity contribution is 0.254. The van der Waals surface area contributed by atoms with Crippen LogP contribution in [0.5, 0.6) is 0 Å². The van der Waals surface area contributed by atoms with E-state index in [9.17, 15) is 4.39 Å². The van der Waals surface area contributed by atoms with Gasteiger partial charge in [-0.05, 0) is 36.9 Å². The smallest absolute Gasteiger partial charge is 0.138 e. The Balaban J connectivity index is 2.07. The first-order chi connectivity index (χ1) is 9.20. The van der Waals surface area contributed by atoms with Crippen molar-refractivity contribution in [2.24, 2.45) is 0 Å². The maximum absolute atomic E-state index is 13.5. The second-order valence-corrected chi connectivity index (χ2v) is 5.86. The third-order valence-electron chi connectivity index (χ3n) is 3.29. The number of aliphatic hydroxyl groups excluding tert-OH is 1. The Bertz CT molecular complexity index is 489. The summed E-state index contributed by atoms with van der Waals surface area (Å²) in [4.78, 5) is 2.32. The quantitative estimate of drug-likeness (QED) is 0.857. The lowest BCUT2D eigenvalue weighted by atomic mass is 10.1. The van der Waals surface area contributed by atoms with Gasteiger partial charge in [0.1, 0.15) is 12.4 Å². The summed E-state index contributed by atoms with van der Waals surface area (Å²) in [5.74, 6) is 7.21. The van der Waals surface area contributed by atoms with Gasteiger partial charge in [0.15, 0.2) is 0 Å². The van der Waals surface area contributed by atoms with E-state index in [4.69, 9.17) is 5.11 Å². The molecule has 1 unspecified atom stereocenters. The van der Waals surface area contributed by atoms with E-state index in [2.05, 4.69) is 23.8 Å². The summed E-state index contributed by atoms with van der Waals surface area (Å²) in [7, 11) is 2.11. The van der Waals surface area contributed by atoms with Crippen molar-refractivity contribution in [1.82, 2.24) is 4.90 Å². The van der Waals surface area contributed by atoms with E-state index >= 15 is 0 Å². The van der Waals surface area contributed by atoms with Gasteiger partial charge in [0.05, 0.1) is 5.56 Å². The Morgan fingerprint density at radius 1 is 1.53 bits per heavy atom. The molecule has 1 atom stereocenters. The van der Waals surface area contributed by atoms with Crippen LogP contribution in [0.25, 0.3) is 0 Å². The van der Waals surface area contributed by atoms with Gasteiger partial charge in [-0.25, -0.2) is 4.39 Å². The Hall–Kier alpha value is -1.02. The Morgan fingerprint density at radius 2 is 2.37 bits per heavy atom. The zero-order valence-electron chi connectivity index (χ0n) is 11.0. The largest absolute Gasteiger partial charge is 0.384 e. The van der Waals surface area contributed by atoms with Crippen molar-refractivity contribution in [2.75, 3.05) is 25.2 Å². The van der Waals surface area contributed by atoms with Crippen molar-refractivity contribution < 1.29 is 9.50 Å². The molecule has 0 aliphatic carbocycles.